The Hall–Kier alpha value is -3.44. The number of phenolic OH excluding ortho intramolecular Hbond substituents is 1. The fourth-order valence-corrected chi connectivity index (χ4v) is 5.66. The van der Waals surface area contributed by atoms with Crippen molar-refractivity contribution in [1.29, 1.82) is 0 Å². The first-order valence-electron chi connectivity index (χ1n) is 11.0. The molecular formula is C24H25ClN2O8S. The molecule has 2 N–H and O–H groups in total. The molecule has 0 bridgehead atoms. The number of ether oxygens (including phenoxy) is 1. The summed E-state index contributed by atoms with van der Waals surface area (Å²) in [5.74, 6) is -1.33. The van der Waals surface area contributed by atoms with Crippen LogP contribution in [0.3, 0.4) is 0 Å². The summed E-state index contributed by atoms with van der Waals surface area (Å²) >= 11 is 6.00. The normalized spacial score (nSPS) is 15.3. The van der Waals surface area contributed by atoms with Gasteiger partial charge in [0.15, 0.2) is 11.3 Å². The lowest BCUT2D eigenvalue weighted by atomic mass is 10.1. The van der Waals surface area contributed by atoms with Gasteiger partial charge in [0.1, 0.15) is 11.4 Å². The third-order valence-electron chi connectivity index (χ3n) is 5.58. The molecule has 3 aromatic rings. The van der Waals surface area contributed by atoms with E-state index in [0.29, 0.717) is 6.42 Å². The Labute approximate surface area is 212 Å². The molecule has 2 aromatic carbocycles. The molecule has 1 amide bonds. The summed E-state index contributed by atoms with van der Waals surface area (Å²) in [5.41, 5.74) is -1.53. The molecule has 4 rings (SSSR count). The van der Waals surface area contributed by atoms with E-state index in [2.05, 4.69) is 0 Å². The van der Waals surface area contributed by atoms with Gasteiger partial charge in [0.2, 0.25) is 21.2 Å². The quantitative estimate of drug-likeness (QED) is 0.501. The van der Waals surface area contributed by atoms with Crippen LogP contribution in [0.2, 0.25) is 5.02 Å². The lowest BCUT2D eigenvalue weighted by molar-refractivity contribution is 0.0589. The van der Waals surface area contributed by atoms with E-state index < -0.39 is 32.9 Å². The molecule has 192 valence electrons. The van der Waals surface area contributed by atoms with E-state index in [0.717, 1.165) is 9.21 Å². The summed E-state index contributed by atoms with van der Waals surface area (Å²) in [6.07, 6.45) is -0.384. The number of sulfonamides is 1. The van der Waals surface area contributed by atoms with Crippen LogP contribution in [0.15, 0.2) is 39.5 Å². The van der Waals surface area contributed by atoms with Crippen LogP contribution in [-0.2, 0) is 14.8 Å². The van der Waals surface area contributed by atoms with Gasteiger partial charge in [0.25, 0.3) is 0 Å². The number of hydrogen-bond acceptors (Lipinski definition) is 8. The van der Waals surface area contributed by atoms with Crippen LogP contribution in [0.5, 0.6) is 11.5 Å². The number of anilines is 2. The largest absolute Gasteiger partial charge is 0.506 e. The lowest BCUT2D eigenvalue weighted by Crippen LogP contribution is -2.34. The third kappa shape index (κ3) is 4.56. The Kier molecular flexibility index (Phi) is 6.34. The van der Waals surface area contributed by atoms with Crippen molar-refractivity contribution in [3.8, 4) is 22.8 Å². The summed E-state index contributed by atoms with van der Waals surface area (Å²) in [4.78, 5) is 27.3. The Morgan fingerprint density at radius 2 is 1.89 bits per heavy atom. The summed E-state index contributed by atoms with van der Waals surface area (Å²) in [7, 11) is -2.28. The van der Waals surface area contributed by atoms with Gasteiger partial charge in [-0.15, -0.1) is 0 Å². The first kappa shape index (κ1) is 25.6. The maximum absolute atomic E-state index is 13.5. The SMILES string of the molecule is CN(C(=O)OC(C)(C)C)c1ccc(N2CCCS2(=O)=O)c2oc(-c3ccc(O)c(Cl)c3)c(O)c(=O)c12. The number of amides is 1. The molecule has 1 aromatic heterocycles. The summed E-state index contributed by atoms with van der Waals surface area (Å²) in [6.45, 7) is 5.23. The topological polar surface area (TPSA) is 138 Å². The number of benzene rings is 2. The second-order valence-corrected chi connectivity index (χ2v) is 11.8. The molecule has 0 atom stereocenters. The number of aromatic hydroxyl groups is 2. The molecule has 0 saturated carbocycles. The van der Waals surface area contributed by atoms with E-state index in [1.54, 1.807) is 20.8 Å². The van der Waals surface area contributed by atoms with Crippen LogP contribution in [0, 0.1) is 0 Å². The van der Waals surface area contributed by atoms with Gasteiger partial charge < -0.3 is 19.4 Å². The number of carbonyl (C=O) groups is 1. The molecule has 1 fully saturated rings. The van der Waals surface area contributed by atoms with Crippen LogP contribution in [0.1, 0.15) is 27.2 Å². The van der Waals surface area contributed by atoms with Crippen molar-refractivity contribution in [1.82, 2.24) is 0 Å². The molecule has 0 aliphatic carbocycles. The molecule has 12 heteroatoms. The Morgan fingerprint density at radius 1 is 1.19 bits per heavy atom. The Morgan fingerprint density at radius 3 is 2.47 bits per heavy atom. The summed E-state index contributed by atoms with van der Waals surface area (Å²) in [5, 5.41) is 20.3. The van der Waals surface area contributed by atoms with Gasteiger partial charge >= 0.3 is 6.09 Å². The zero-order valence-electron chi connectivity index (χ0n) is 20.0. The summed E-state index contributed by atoms with van der Waals surface area (Å²) < 4.78 is 37.9. The molecule has 0 spiro atoms. The molecule has 0 unspecified atom stereocenters. The van der Waals surface area contributed by atoms with Crippen LogP contribution >= 0.6 is 11.6 Å². The van der Waals surface area contributed by atoms with Crippen molar-refractivity contribution in [2.24, 2.45) is 0 Å². The number of fused-ring (bicyclic) bond motifs is 1. The molecule has 10 nitrogen and oxygen atoms in total. The van der Waals surface area contributed by atoms with Crippen molar-refractivity contribution < 1.29 is 32.6 Å². The average molecular weight is 537 g/mol. The second kappa shape index (κ2) is 8.90. The number of hydrogen-bond donors (Lipinski definition) is 2. The number of halogens is 1. The zero-order valence-corrected chi connectivity index (χ0v) is 21.6. The van der Waals surface area contributed by atoms with E-state index in [4.69, 9.17) is 20.8 Å². The third-order valence-corrected chi connectivity index (χ3v) is 7.74. The van der Waals surface area contributed by atoms with Crippen LogP contribution < -0.4 is 14.6 Å². The van der Waals surface area contributed by atoms with Gasteiger partial charge in [-0.05, 0) is 57.5 Å². The van der Waals surface area contributed by atoms with Gasteiger partial charge in [-0.3, -0.25) is 14.0 Å². The number of phenols is 1. The number of nitrogens with zero attached hydrogens (tertiary/aromatic N) is 2. The van der Waals surface area contributed by atoms with E-state index in [9.17, 15) is 28.2 Å². The van der Waals surface area contributed by atoms with Crippen molar-refractivity contribution in [2.45, 2.75) is 32.8 Å². The van der Waals surface area contributed by atoms with Crippen LogP contribution in [0.25, 0.3) is 22.3 Å². The second-order valence-electron chi connectivity index (χ2n) is 9.36. The highest BCUT2D eigenvalue weighted by Crippen LogP contribution is 2.41. The van der Waals surface area contributed by atoms with E-state index >= 15 is 0 Å². The maximum Gasteiger partial charge on any atom is 0.414 e. The molecular weight excluding hydrogens is 512 g/mol. The predicted molar refractivity (Wildman–Crippen MR) is 137 cm³/mol. The molecule has 1 aliphatic rings. The monoisotopic (exact) mass is 536 g/mol. The highest BCUT2D eigenvalue weighted by Gasteiger charge is 2.33. The van der Waals surface area contributed by atoms with E-state index in [1.165, 1.54) is 37.4 Å². The highest BCUT2D eigenvalue weighted by atomic mass is 35.5. The molecule has 1 aliphatic heterocycles. The van der Waals surface area contributed by atoms with Crippen molar-refractivity contribution in [3.63, 3.8) is 0 Å². The van der Waals surface area contributed by atoms with E-state index in [-0.39, 0.29) is 56.7 Å². The minimum Gasteiger partial charge on any atom is -0.506 e. The Bertz CT molecular complexity index is 1540. The first-order chi connectivity index (χ1) is 16.7. The fourth-order valence-electron chi connectivity index (χ4n) is 3.91. The van der Waals surface area contributed by atoms with Crippen molar-refractivity contribution in [2.75, 3.05) is 28.6 Å². The summed E-state index contributed by atoms with van der Waals surface area (Å²) in [6, 6.07) is 6.79. The molecule has 36 heavy (non-hydrogen) atoms. The number of rotatable bonds is 3. The smallest absolute Gasteiger partial charge is 0.414 e. The highest BCUT2D eigenvalue weighted by molar-refractivity contribution is 7.93. The van der Waals surface area contributed by atoms with Crippen molar-refractivity contribution >= 4 is 50.1 Å². The fraction of sp³-hybridized carbons (Fsp3) is 0.333. The van der Waals surface area contributed by atoms with Crippen LogP contribution in [0.4, 0.5) is 16.2 Å². The first-order valence-corrected chi connectivity index (χ1v) is 13.0. The lowest BCUT2D eigenvalue weighted by Gasteiger charge is -2.26. The van der Waals surface area contributed by atoms with Crippen LogP contribution in [-0.4, -0.2) is 49.7 Å². The molecule has 2 heterocycles. The zero-order chi connectivity index (χ0) is 26.6. The van der Waals surface area contributed by atoms with Gasteiger partial charge in [0.05, 0.1) is 27.5 Å². The standard InChI is InChI=1S/C24H25ClN2O8S/c1-24(2,3)35-23(31)26(4)15-7-8-16(27-10-5-11-36(27,32)33)22-18(15)19(29)20(30)21(34-22)13-6-9-17(28)14(25)12-13/h6-9,12,28,30H,5,10-11H2,1-4H3. The van der Waals surface area contributed by atoms with Gasteiger partial charge in [0, 0.05) is 19.2 Å². The minimum absolute atomic E-state index is 0.0459. The molecule has 0 radical (unpaired) electrons. The predicted octanol–water partition coefficient (Wildman–Crippen LogP) is 4.44. The van der Waals surface area contributed by atoms with E-state index in [1.807, 2.05) is 0 Å². The van der Waals surface area contributed by atoms with Gasteiger partial charge in [-0.1, -0.05) is 11.6 Å². The number of carbonyl (C=O) groups excluding carboxylic acids is 1. The Balaban J connectivity index is 2.03. The molecule has 1 saturated heterocycles. The average Bonchev–Trinajstić information content (AvgIpc) is 3.14. The van der Waals surface area contributed by atoms with Gasteiger partial charge in [-0.2, -0.15) is 0 Å². The van der Waals surface area contributed by atoms with Crippen molar-refractivity contribution in [3.05, 3.63) is 45.6 Å². The minimum atomic E-state index is -3.67. The maximum atomic E-state index is 13.5. The van der Waals surface area contributed by atoms with Gasteiger partial charge in [-0.25, -0.2) is 13.2 Å².